The maximum atomic E-state index is 6.20. The van der Waals surface area contributed by atoms with Crippen molar-refractivity contribution in [3.63, 3.8) is 0 Å². The highest BCUT2D eigenvalue weighted by Gasteiger charge is 2.20. The monoisotopic (exact) mass is 274 g/mol. The number of rotatable bonds is 2. The Balaban J connectivity index is 2.22. The van der Waals surface area contributed by atoms with Gasteiger partial charge in [-0.2, -0.15) is 0 Å². The molecule has 19 heavy (non-hydrogen) atoms. The fourth-order valence-electron chi connectivity index (χ4n) is 1.99. The SMILES string of the molecule is Cc1cc(-c2onc(N)c2-c2ccccc2Cl)co1. The van der Waals surface area contributed by atoms with Crippen LogP contribution in [0.4, 0.5) is 5.82 Å². The third-order valence-electron chi connectivity index (χ3n) is 2.85. The lowest BCUT2D eigenvalue weighted by atomic mass is 10.0. The minimum absolute atomic E-state index is 0.307. The van der Waals surface area contributed by atoms with Crippen LogP contribution in [0.25, 0.3) is 22.5 Å². The first-order valence-electron chi connectivity index (χ1n) is 5.72. The van der Waals surface area contributed by atoms with E-state index in [2.05, 4.69) is 5.16 Å². The zero-order valence-corrected chi connectivity index (χ0v) is 10.9. The molecule has 2 N–H and O–H groups in total. The molecule has 3 aromatic rings. The normalized spacial score (nSPS) is 10.8. The highest BCUT2D eigenvalue weighted by Crippen LogP contribution is 2.40. The number of aromatic nitrogens is 1. The predicted molar refractivity (Wildman–Crippen MR) is 73.8 cm³/mol. The van der Waals surface area contributed by atoms with E-state index >= 15 is 0 Å². The average molecular weight is 275 g/mol. The summed E-state index contributed by atoms with van der Waals surface area (Å²) in [6.07, 6.45) is 1.61. The molecule has 5 heteroatoms. The Morgan fingerprint density at radius 3 is 2.74 bits per heavy atom. The number of nitrogens with zero attached hydrogens (tertiary/aromatic N) is 1. The third kappa shape index (κ3) is 2.00. The van der Waals surface area contributed by atoms with Gasteiger partial charge in [-0.1, -0.05) is 35.0 Å². The van der Waals surface area contributed by atoms with E-state index in [-0.39, 0.29) is 0 Å². The Morgan fingerprint density at radius 1 is 1.26 bits per heavy atom. The van der Waals surface area contributed by atoms with Gasteiger partial charge in [0, 0.05) is 10.6 Å². The Bertz CT molecular complexity index is 731. The molecular formula is C14H11ClN2O2. The maximum absolute atomic E-state index is 6.20. The second-order valence-electron chi connectivity index (χ2n) is 4.20. The molecule has 0 radical (unpaired) electrons. The van der Waals surface area contributed by atoms with Crippen molar-refractivity contribution in [2.75, 3.05) is 5.73 Å². The molecule has 0 fully saturated rings. The number of furan rings is 1. The fourth-order valence-corrected chi connectivity index (χ4v) is 2.22. The van der Waals surface area contributed by atoms with Crippen molar-refractivity contribution in [1.29, 1.82) is 0 Å². The van der Waals surface area contributed by atoms with Gasteiger partial charge in [-0.05, 0) is 19.1 Å². The standard InChI is InChI=1S/C14H11ClN2O2/c1-8-6-9(7-18-8)13-12(14(16)17-19-13)10-4-2-3-5-11(10)15/h2-7H,1H3,(H2,16,17). The van der Waals surface area contributed by atoms with E-state index in [1.54, 1.807) is 12.3 Å². The van der Waals surface area contributed by atoms with Crippen LogP contribution < -0.4 is 5.73 Å². The predicted octanol–water partition coefficient (Wildman–Crippen LogP) is 4.15. The smallest absolute Gasteiger partial charge is 0.180 e. The van der Waals surface area contributed by atoms with Crippen molar-refractivity contribution in [3.8, 4) is 22.5 Å². The van der Waals surface area contributed by atoms with Gasteiger partial charge < -0.3 is 14.7 Å². The topological polar surface area (TPSA) is 65.2 Å². The van der Waals surface area contributed by atoms with Gasteiger partial charge in [0.1, 0.15) is 12.0 Å². The average Bonchev–Trinajstić information content (AvgIpc) is 2.96. The van der Waals surface area contributed by atoms with Crippen LogP contribution in [0.5, 0.6) is 0 Å². The number of aryl methyl sites for hydroxylation is 1. The Hall–Kier alpha value is -2.20. The van der Waals surface area contributed by atoms with Crippen LogP contribution in [0.1, 0.15) is 5.76 Å². The Labute approximate surface area is 114 Å². The number of anilines is 1. The van der Waals surface area contributed by atoms with Crippen LogP contribution in [0, 0.1) is 6.92 Å². The highest BCUT2D eigenvalue weighted by molar-refractivity contribution is 6.33. The molecule has 0 aliphatic carbocycles. The van der Waals surface area contributed by atoms with E-state index in [0.717, 1.165) is 16.9 Å². The number of nitrogens with two attached hydrogens (primary N) is 1. The maximum Gasteiger partial charge on any atom is 0.180 e. The zero-order valence-electron chi connectivity index (χ0n) is 10.2. The van der Waals surface area contributed by atoms with Gasteiger partial charge in [-0.3, -0.25) is 0 Å². The first-order chi connectivity index (χ1) is 9.16. The summed E-state index contributed by atoms with van der Waals surface area (Å²) in [4.78, 5) is 0. The van der Waals surface area contributed by atoms with Crippen LogP contribution in [-0.4, -0.2) is 5.16 Å². The molecule has 0 bridgehead atoms. The van der Waals surface area contributed by atoms with Gasteiger partial charge in [0.05, 0.1) is 11.1 Å². The van der Waals surface area contributed by atoms with Crippen LogP contribution in [-0.2, 0) is 0 Å². The van der Waals surface area contributed by atoms with Gasteiger partial charge in [-0.25, -0.2) is 0 Å². The first kappa shape index (κ1) is 11.9. The molecule has 96 valence electrons. The van der Waals surface area contributed by atoms with Gasteiger partial charge in [0.2, 0.25) is 0 Å². The molecule has 0 spiro atoms. The summed E-state index contributed by atoms with van der Waals surface area (Å²) < 4.78 is 10.6. The summed E-state index contributed by atoms with van der Waals surface area (Å²) in [6, 6.07) is 9.28. The summed E-state index contributed by atoms with van der Waals surface area (Å²) in [5, 5.41) is 4.42. The van der Waals surface area contributed by atoms with Crippen molar-refractivity contribution >= 4 is 17.4 Å². The number of benzene rings is 1. The lowest BCUT2D eigenvalue weighted by molar-refractivity contribution is 0.435. The number of hydrogen-bond acceptors (Lipinski definition) is 4. The van der Waals surface area contributed by atoms with Crippen molar-refractivity contribution in [2.24, 2.45) is 0 Å². The van der Waals surface area contributed by atoms with Crippen LogP contribution >= 0.6 is 11.6 Å². The molecule has 3 rings (SSSR count). The van der Waals surface area contributed by atoms with Crippen LogP contribution in [0.3, 0.4) is 0 Å². The van der Waals surface area contributed by atoms with E-state index in [1.165, 1.54) is 0 Å². The molecule has 0 amide bonds. The van der Waals surface area contributed by atoms with E-state index in [1.807, 2.05) is 31.2 Å². The molecule has 2 heterocycles. The summed E-state index contributed by atoms with van der Waals surface area (Å²) in [6.45, 7) is 1.86. The molecule has 0 aliphatic rings. The Kier molecular flexibility index (Phi) is 2.80. The molecule has 0 saturated carbocycles. The molecular weight excluding hydrogens is 264 g/mol. The van der Waals surface area contributed by atoms with Crippen LogP contribution in [0.15, 0.2) is 45.5 Å². The minimum atomic E-state index is 0.307. The van der Waals surface area contributed by atoms with Crippen LogP contribution in [0.2, 0.25) is 5.02 Å². The molecule has 4 nitrogen and oxygen atoms in total. The molecule has 0 aliphatic heterocycles. The minimum Gasteiger partial charge on any atom is -0.469 e. The van der Waals surface area contributed by atoms with Gasteiger partial charge in [0.25, 0.3) is 0 Å². The summed E-state index contributed by atoms with van der Waals surface area (Å²) in [7, 11) is 0. The number of halogens is 1. The lowest BCUT2D eigenvalue weighted by Crippen LogP contribution is -1.89. The first-order valence-corrected chi connectivity index (χ1v) is 6.10. The summed E-state index contributed by atoms with van der Waals surface area (Å²) in [5.74, 6) is 1.65. The van der Waals surface area contributed by atoms with Gasteiger partial charge >= 0.3 is 0 Å². The third-order valence-corrected chi connectivity index (χ3v) is 3.18. The van der Waals surface area contributed by atoms with E-state index in [0.29, 0.717) is 22.2 Å². The highest BCUT2D eigenvalue weighted by atomic mass is 35.5. The van der Waals surface area contributed by atoms with E-state index < -0.39 is 0 Å². The van der Waals surface area contributed by atoms with Crippen molar-refractivity contribution in [2.45, 2.75) is 6.92 Å². The number of nitrogen functional groups attached to an aromatic ring is 1. The molecule has 2 aromatic heterocycles. The van der Waals surface area contributed by atoms with Gasteiger partial charge in [-0.15, -0.1) is 0 Å². The second-order valence-corrected chi connectivity index (χ2v) is 4.61. The molecule has 0 atom stereocenters. The van der Waals surface area contributed by atoms with E-state index in [4.69, 9.17) is 26.3 Å². The van der Waals surface area contributed by atoms with Crippen molar-refractivity contribution in [1.82, 2.24) is 5.16 Å². The molecule has 1 aromatic carbocycles. The number of hydrogen-bond donors (Lipinski definition) is 1. The Morgan fingerprint density at radius 2 is 2.05 bits per heavy atom. The fraction of sp³-hybridized carbons (Fsp3) is 0.0714. The summed E-state index contributed by atoms with van der Waals surface area (Å²) in [5.41, 5.74) is 8.16. The largest absolute Gasteiger partial charge is 0.469 e. The zero-order chi connectivity index (χ0) is 13.4. The quantitative estimate of drug-likeness (QED) is 0.762. The summed E-state index contributed by atoms with van der Waals surface area (Å²) >= 11 is 6.20. The van der Waals surface area contributed by atoms with E-state index in [9.17, 15) is 0 Å². The van der Waals surface area contributed by atoms with Crippen molar-refractivity contribution in [3.05, 3.63) is 47.4 Å². The molecule has 0 unspecified atom stereocenters. The second kappa shape index (κ2) is 4.48. The van der Waals surface area contributed by atoms with Gasteiger partial charge in [0.15, 0.2) is 11.6 Å². The lowest BCUT2D eigenvalue weighted by Gasteiger charge is -2.03. The van der Waals surface area contributed by atoms with Crippen molar-refractivity contribution < 1.29 is 8.94 Å². The molecule has 0 saturated heterocycles.